The highest BCUT2D eigenvalue weighted by molar-refractivity contribution is 5.96. The SMILES string of the molecule is Cc1cc(C)cc(N(CCCN)C(=O)C2CC2)c1. The predicted octanol–water partition coefficient (Wildman–Crippen LogP) is 2.40. The fourth-order valence-electron chi connectivity index (χ4n) is 2.27. The number of anilines is 1. The first-order valence-corrected chi connectivity index (χ1v) is 6.71. The third kappa shape index (κ3) is 3.10. The van der Waals surface area contributed by atoms with Crippen LogP contribution in [0.15, 0.2) is 18.2 Å². The van der Waals surface area contributed by atoms with E-state index in [0.29, 0.717) is 6.54 Å². The van der Waals surface area contributed by atoms with Crippen LogP contribution in [-0.2, 0) is 4.79 Å². The van der Waals surface area contributed by atoms with Gasteiger partial charge in [0.05, 0.1) is 0 Å². The van der Waals surface area contributed by atoms with E-state index in [0.717, 1.165) is 31.5 Å². The molecular formula is C15H22N2O. The van der Waals surface area contributed by atoms with Gasteiger partial charge >= 0.3 is 0 Å². The fraction of sp³-hybridized carbons (Fsp3) is 0.533. The summed E-state index contributed by atoms with van der Waals surface area (Å²) in [5.41, 5.74) is 9.00. The van der Waals surface area contributed by atoms with Gasteiger partial charge in [-0.25, -0.2) is 0 Å². The van der Waals surface area contributed by atoms with Crippen molar-refractivity contribution < 1.29 is 4.79 Å². The number of nitrogens with zero attached hydrogens (tertiary/aromatic N) is 1. The maximum atomic E-state index is 12.3. The molecule has 3 heteroatoms. The molecule has 18 heavy (non-hydrogen) atoms. The van der Waals surface area contributed by atoms with Crippen LogP contribution in [0.3, 0.4) is 0 Å². The molecule has 0 unspecified atom stereocenters. The summed E-state index contributed by atoms with van der Waals surface area (Å²) in [5.74, 6) is 0.525. The van der Waals surface area contributed by atoms with Crippen molar-refractivity contribution in [2.45, 2.75) is 33.1 Å². The van der Waals surface area contributed by atoms with Gasteiger partial charge in [0.15, 0.2) is 0 Å². The smallest absolute Gasteiger partial charge is 0.230 e. The molecule has 0 aromatic heterocycles. The molecule has 0 saturated heterocycles. The zero-order valence-electron chi connectivity index (χ0n) is 11.3. The Bertz CT molecular complexity index is 418. The Balaban J connectivity index is 2.23. The molecule has 2 N–H and O–H groups in total. The van der Waals surface area contributed by atoms with Crippen molar-refractivity contribution in [3.63, 3.8) is 0 Å². The first-order chi connectivity index (χ1) is 8.61. The summed E-state index contributed by atoms with van der Waals surface area (Å²) >= 11 is 0. The van der Waals surface area contributed by atoms with Crippen molar-refractivity contribution in [3.05, 3.63) is 29.3 Å². The van der Waals surface area contributed by atoms with E-state index in [-0.39, 0.29) is 11.8 Å². The van der Waals surface area contributed by atoms with Gasteiger partial charge in [-0.05, 0) is 62.9 Å². The second kappa shape index (κ2) is 5.53. The van der Waals surface area contributed by atoms with E-state index in [9.17, 15) is 4.79 Å². The molecule has 1 aromatic carbocycles. The molecule has 0 atom stereocenters. The molecule has 1 saturated carbocycles. The van der Waals surface area contributed by atoms with E-state index >= 15 is 0 Å². The molecule has 1 fully saturated rings. The lowest BCUT2D eigenvalue weighted by atomic mass is 10.1. The minimum absolute atomic E-state index is 0.253. The molecular weight excluding hydrogens is 224 g/mol. The lowest BCUT2D eigenvalue weighted by Gasteiger charge is -2.23. The number of aryl methyl sites for hydroxylation is 2. The molecule has 98 valence electrons. The van der Waals surface area contributed by atoms with Crippen LogP contribution < -0.4 is 10.6 Å². The topological polar surface area (TPSA) is 46.3 Å². The van der Waals surface area contributed by atoms with Crippen LogP contribution in [-0.4, -0.2) is 19.0 Å². The van der Waals surface area contributed by atoms with Gasteiger partial charge in [0.1, 0.15) is 0 Å². The lowest BCUT2D eigenvalue weighted by Crippen LogP contribution is -2.34. The van der Waals surface area contributed by atoms with Gasteiger partial charge in [0.25, 0.3) is 0 Å². The Morgan fingerprint density at radius 1 is 1.28 bits per heavy atom. The summed E-state index contributed by atoms with van der Waals surface area (Å²) in [7, 11) is 0. The van der Waals surface area contributed by atoms with E-state index in [1.165, 1.54) is 11.1 Å². The van der Waals surface area contributed by atoms with Gasteiger partial charge in [0.2, 0.25) is 5.91 Å². The molecule has 2 rings (SSSR count). The number of carbonyl (C=O) groups excluding carboxylic acids is 1. The Hall–Kier alpha value is -1.35. The number of hydrogen-bond donors (Lipinski definition) is 1. The average Bonchev–Trinajstić information content (AvgIpc) is 3.11. The minimum Gasteiger partial charge on any atom is -0.330 e. The summed E-state index contributed by atoms with van der Waals surface area (Å²) < 4.78 is 0. The van der Waals surface area contributed by atoms with Crippen LogP contribution in [0, 0.1) is 19.8 Å². The predicted molar refractivity (Wildman–Crippen MR) is 74.7 cm³/mol. The van der Waals surface area contributed by atoms with Gasteiger partial charge in [-0.3, -0.25) is 4.79 Å². The Kier molecular flexibility index (Phi) is 4.02. The summed E-state index contributed by atoms with van der Waals surface area (Å²) in [6.45, 7) is 5.49. The fourth-order valence-corrected chi connectivity index (χ4v) is 2.27. The molecule has 1 aliphatic rings. The number of hydrogen-bond acceptors (Lipinski definition) is 2. The highest BCUT2D eigenvalue weighted by atomic mass is 16.2. The summed E-state index contributed by atoms with van der Waals surface area (Å²) in [4.78, 5) is 14.2. The Morgan fingerprint density at radius 2 is 1.89 bits per heavy atom. The highest BCUT2D eigenvalue weighted by Gasteiger charge is 2.33. The normalized spacial score (nSPS) is 14.6. The number of amides is 1. The van der Waals surface area contributed by atoms with Crippen molar-refractivity contribution in [3.8, 4) is 0 Å². The first kappa shape index (κ1) is 13.1. The zero-order chi connectivity index (χ0) is 13.1. The minimum atomic E-state index is 0.253. The van der Waals surface area contributed by atoms with Gasteiger partial charge in [0, 0.05) is 18.2 Å². The largest absolute Gasteiger partial charge is 0.330 e. The second-order valence-corrected chi connectivity index (χ2v) is 5.25. The Morgan fingerprint density at radius 3 is 2.39 bits per heavy atom. The Labute approximate surface area is 109 Å². The summed E-state index contributed by atoms with van der Waals surface area (Å²) in [5, 5.41) is 0. The van der Waals surface area contributed by atoms with E-state index in [4.69, 9.17) is 5.73 Å². The van der Waals surface area contributed by atoms with Crippen molar-refractivity contribution in [2.24, 2.45) is 11.7 Å². The lowest BCUT2D eigenvalue weighted by molar-refractivity contribution is -0.119. The maximum Gasteiger partial charge on any atom is 0.230 e. The number of carbonyl (C=O) groups is 1. The molecule has 0 heterocycles. The number of rotatable bonds is 5. The molecule has 1 aliphatic carbocycles. The van der Waals surface area contributed by atoms with E-state index < -0.39 is 0 Å². The van der Waals surface area contributed by atoms with Crippen molar-refractivity contribution in [1.29, 1.82) is 0 Å². The molecule has 0 aliphatic heterocycles. The third-order valence-corrected chi connectivity index (χ3v) is 3.30. The van der Waals surface area contributed by atoms with E-state index in [2.05, 4.69) is 32.0 Å². The standard InChI is InChI=1S/C15H22N2O/c1-11-8-12(2)10-14(9-11)17(7-3-6-16)15(18)13-4-5-13/h8-10,13H,3-7,16H2,1-2H3. The van der Waals surface area contributed by atoms with E-state index in [1.54, 1.807) is 0 Å². The number of benzene rings is 1. The molecule has 1 amide bonds. The van der Waals surface area contributed by atoms with Gasteiger partial charge in [-0.2, -0.15) is 0 Å². The van der Waals surface area contributed by atoms with Crippen molar-refractivity contribution in [2.75, 3.05) is 18.0 Å². The third-order valence-electron chi connectivity index (χ3n) is 3.30. The van der Waals surface area contributed by atoms with Crippen molar-refractivity contribution in [1.82, 2.24) is 0 Å². The summed E-state index contributed by atoms with van der Waals surface area (Å²) in [6, 6.07) is 6.31. The molecule has 3 nitrogen and oxygen atoms in total. The highest BCUT2D eigenvalue weighted by Crippen LogP contribution is 2.33. The molecule has 0 radical (unpaired) electrons. The first-order valence-electron chi connectivity index (χ1n) is 6.71. The maximum absolute atomic E-state index is 12.3. The zero-order valence-corrected chi connectivity index (χ0v) is 11.3. The quantitative estimate of drug-likeness (QED) is 0.867. The second-order valence-electron chi connectivity index (χ2n) is 5.25. The van der Waals surface area contributed by atoms with Crippen LogP contribution >= 0.6 is 0 Å². The monoisotopic (exact) mass is 246 g/mol. The van der Waals surface area contributed by atoms with Crippen LogP contribution in [0.2, 0.25) is 0 Å². The van der Waals surface area contributed by atoms with Crippen LogP contribution in [0.4, 0.5) is 5.69 Å². The van der Waals surface area contributed by atoms with Crippen LogP contribution in [0.25, 0.3) is 0 Å². The van der Waals surface area contributed by atoms with Gasteiger partial charge in [-0.1, -0.05) is 6.07 Å². The average molecular weight is 246 g/mol. The van der Waals surface area contributed by atoms with Crippen LogP contribution in [0.1, 0.15) is 30.4 Å². The van der Waals surface area contributed by atoms with Crippen molar-refractivity contribution >= 4 is 11.6 Å². The van der Waals surface area contributed by atoms with Gasteiger partial charge in [-0.15, -0.1) is 0 Å². The van der Waals surface area contributed by atoms with E-state index in [1.807, 2.05) is 4.90 Å². The van der Waals surface area contributed by atoms with Crippen LogP contribution in [0.5, 0.6) is 0 Å². The molecule has 0 spiro atoms. The summed E-state index contributed by atoms with van der Waals surface area (Å²) in [6.07, 6.45) is 2.94. The molecule has 0 bridgehead atoms. The molecule has 1 aromatic rings. The number of nitrogens with two attached hydrogens (primary N) is 1. The van der Waals surface area contributed by atoms with Gasteiger partial charge < -0.3 is 10.6 Å².